The maximum Gasteiger partial charge on any atom is 0.319 e. The van der Waals surface area contributed by atoms with Crippen molar-refractivity contribution in [2.45, 2.75) is 25.8 Å². The van der Waals surface area contributed by atoms with Gasteiger partial charge in [-0.1, -0.05) is 35.3 Å². The third kappa shape index (κ3) is 2.15. The first-order valence-electron chi connectivity index (χ1n) is 5.07. The minimum atomic E-state index is -0.112. The molecule has 1 aliphatic heterocycles. The maximum atomic E-state index is 11.4. The number of urea groups is 1. The molecule has 1 aromatic rings. The van der Waals surface area contributed by atoms with Gasteiger partial charge < -0.3 is 10.6 Å². The Hall–Kier alpha value is -1.03. The lowest BCUT2D eigenvalue weighted by atomic mass is 9.99. The van der Waals surface area contributed by atoms with Gasteiger partial charge in [0, 0.05) is 10.2 Å². The molecule has 0 aromatic heterocycles. The summed E-state index contributed by atoms with van der Waals surface area (Å²) < 4.78 is 0.985. The SMILES string of the molecule is CCCC1NC(=O)Nc2cc(Br)ccc21. The average molecular weight is 269 g/mol. The lowest BCUT2D eigenvalue weighted by Gasteiger charge is -2.27. The highest BCUT2D eigenvalue weighted by molar-refractivity contribution is 9.10. The van der Waals surface area contributed by atoms with Crippen LogP contribution >= 0.6 is 15.9 Å². The van der Waals surface area contributed by atoms with Gasteiger partial charge in [-0.25, -0.2) is 4.79 Å². The van der Waals surface area contributed by atoms with Crippen molar-refractivity contribution in [3.05, 3.63) is 28.2 Å². The van der Waals surface area contributed by atoms with Crippen LogP contribution in [0.15, 0.2) is 22.7 Å². The Bertz CT molecular complexity index is 392. The van der Waals surface area contributed by atoms with Gasteiger partial charge in [-0.2, -0.15) is 0 Å². The van der Waals surface area contributed by atoms with Crippen molar-refractivity contribution in [1.29, 1.82) is 0 Å². The minimum Gasteiger partial charge on any atom is -0.331 e. The molecule has 2 N–H and O–H groups in total. The van der Waals surface area contributed by atoms with Gasteiger partial charge in [-0.15, -0.1) is 0 Å². The van der Waals surface area contributed by atoms with E-state index in [4.69, 9.17) is 0 Å². The van der Waals surface area contributed by atoms with Crippen molar-refractivity contribution in [2.24, 2.45) is 0 Å². The van der Waals surface area contributed by atoms with Gasteiger partial charge >= 0.3 is 6.03 Å². The number of carbonyl (C=O) groups is 1. The first kappa shape index (κ1) is 10.5. The zero-order valence-corrected chi connectivity index (χ0v) is 10.1. The largest absolute Gasteiger partial charge is 0.331 e. The molecule has 0 bridgehead atoms. The lowest BCUT2D eigenvalue weighted by molar-refractivity contribution is 0.246. The van der Waals surface area contributed by atoms with Gasteiger partial charge in [0.05, 0.1) is 6.04 Å². The molecule has 1 atom stereocenters. The Balaban J connectivity index is 2.37. The monoisotopic (exact) mass is 268 g/mol. The highest BCUT2D eigenvalue weighted by Gasteiger charge is 2.22. The number of nitrogens with one attached hydrogen (secondary N) is 2. The number of halogens is 1. The van der Waals surface area contributed by atoms with E-state index in [0.717, 1.165) is 23.0 Å². The summed E-state index contributed by atoms with van der Waals surface area (Å²) in [6.45, 7) is 2.12. The zero-order chi connectivity index (χ0) is 10.8. The molecule has 1 unspecified atom stereocenters. The van der Waals surface area contributed by atoms with Crippen LogP contribution in [-0.2, 0) is 0 Å². The highest BCUT2D eigenvalue weighted by Crippen LogP contribution is 2.31. The number of hydrogen-bond donors (Lipinski definition) is 2. The Morgan fingerprint density at radius 2 is 2.27 bits per heavy atom. The maximum absolute atomic E-state index is 11.4. The molecule has 0 saturated carbocycles. The number of benzene rings is 1. The molecule has 0 aliphatic carbocycles. The zero-order valence-electron chi connectivity index (χ0n) is 8.51. The fraction of sp³-hybridized carbons (Fsp3) is 0.364. The molecule has 80 valence electrons. The molecule has 0 radical (unpaired) electrons. The van der Waals surface area contributed by atoms with E-state index in [1.807, 2.05) is 18.2 Å². The second-order valence-corrected chi connectivity index (χ2v) is 4.59. The summed E-state index contributed by atoms with van der Waals surface area (Å²) in [5.41, 5.74) is 2.08. The first-order chi connectivity index (χ1) is 7.20. The van der Waals surface area contributed by atoms with E-state index < -0.39 is 0 Å². The molecular weight excluding hydrogens is 256 g/mol. The fourth-order valence-corrected chi connectivity index (χ4v) is 2.21. The second-order valence-electron chi connectivity index (χ2n) is 3.67. The van der Waals surface area contributed by atoms with Crippen molar-refractivity contribution in [3.63, 3.8) is 0 Å². The minimum absolute atomic E-state index is 0.112. The molecule has 1 heterocycles. The van der Waals surface area contributed by atoms with Crippen LogP contribution in [0.5, 0.6) is 0 Å². The van der Waals surface area contributed by atoms with Crippen LogP contribution in [0.2, 0.25) is 0 Å². The topological polar surface area (TPSA) is 41.1 Å². The van der Waals surface area contributed by atoms with Crippen molar-refractivity contribution in [3.8, 4) is 0 Å². The molecule has 2 rings (SSSR count). The van der Waals surface area contributed by atoms with Crippen molar-refractivity contribution in [1.82, 2.24) is 5.32 Å². The molecule has 3 nitrogen and oxygen atoms in total. The average Bonchev–Trinajstić information content (AvgIpc) is 2.17. The Kier molecular flexibility index (Phi) is 2.95. The van der Waals surface area contributed by atoms with E-state index in [0.29, 0.717) is 0 Å². The van der Waals surface area contributed by atoms with E-state index in [-0.39, 0.29) is 12.1 Å². The second kappa shape index (κ2) is 4.23. The van der Waals surface area contributed by atoms with Crippen molar-refractivity contribution >= 4 is 27.6 Å². The Labute approximate surface area is 97.4 Å². The van der Waals surface area contributed by atoms with E-state index in [1.54, 1.807) is 0 Å². The van der Waals surface area contributed by atoms with Gasteiger partial charge in [-0.3, -0.25) is 0 Å². The molecule has 0 spiro atoms. The molecule has 1 aromatic carbocycles. The van der Waals surface area contributed by atoms with Gasteiger partial charge in [0.1, 0.15) is 0 Å². The molecule has 4 heteroatoms. The smallest absolute Gasteiger partial charge is 0.319 e. The lowest BCUT2D eigenvalue weighted by Crippen LogP contribution is -2.37. The van der Waals surface area contributed by atoms with Crippen LogP contribution < -0.4 is 10.6 Å². The van der Waals surface area contributed by atoms with Crippen molar-refractivity contribution < 1.29 is 4.79 Å². The summed E-state index contributed by atoms with van der Waals surface area (Å²) in [4.78, 5) is 11.4. The van der Waals surface area contributed by atoms with Gasteiger partial charge in [-0.05, 0) is 24.1 Å². The predicted octanol–water partition coefficient (Wildman–Crippen LogP) is 3.43. The Morgan fingerprint density at radius 1 is 1.47 bits per heavy atom. The molecular formula is C11H13BrN2O. The third-order valence-electron chi connectivity index (χ3n) is 2.52. The van der Waals surface area contributed by atoms with E-state index in [9.17, 15) is 4.79 Å². The van der Waals surface area contributed by atoms with E-state index in [2.05, 4.69) is 33.5 Å². The normalized spacial score (nSPS) is 19.1. The molecule has 2 amide bonds. The van der Waals surface area contributed by atoms with Crippen LogP contribution in [0.3, 0.4) is 0 Å². The first-order valence-corrected chi connectivity index (χ1v) is 5.87. The van der Waals surface area contributed by atoms with Crippen LogP contribution in [0.25, 0.3) is 0 Å². The molecule has 1 aliphatic rings. The van der Waals surface area contributed by atoms with Crippen LogP contribution in [0, 0.1) is 0 Å². The molecule has 0 fully saturated rings. The quantitative estimate of drug-likeness (QED) is 0.848. The van der Waals surface area contributed by atoms with Crippen molar-refractivity contribution in [2.75, 3.05) is 5.32 Å². The number of rotatable bonds is 2. The number of amides is 2. The van der Waals surface area contributed by atoms with Crippen LogP contribution in [0.4, 0.5) is 10.5 Å². The number of fused-ring (bicyclic) bond motifs is 1. The molecule has 15 heavy (non-hydrogen) atoms. The van der Waals surface area contributed by atoms with E-state index >= 15 is 0 Å². The Morgan fingerprint density at radius 3 is 3.00 bits per heavy atom. The van der Waals surface area contributed by atoms with Crippen LogP contribution in [-0.4, -0.2) is 6.03 Å². The standard InChI is InChI=1S/C11H13BrN2O/c1-2-3-9-8-5-4-7(12)6-10(8)14-11(15)13-9/h4-6,9H,2-3H2,1H3,(H2,13,14,15). The van der Waals surface area contributed by atoms with Gasteiger partial charge in [0.15, 0.2) is 0 Å². The van der Waals surface area contributed by atoms with Crippen LogP contribution in [0.1, 0.15) is 31.4 Å². The summed E-state index contributed by atoms with van der Waals surface area (Å²) in [7, 11) is 0. The van der Waals surface area contributed by atoms with Gasteiger partial charge in [0.25, 0.3) is 0 Å². The number of carbonyl (C=O) groups excluding carboxylic acids is 1. The van der Waals surface area contributed by atoms with E-state index in [1.165, 1.54) is 5.56 Å². The fourth-order valence-electron chi connectivity index (χ4n) is 1.85. The third-order valence-corrected chi connectivity index (χ3v) is 3.01. The summed E-state index contributed by atoms with van der Waals surface area (Å²) in [6, 6.07) is 6.02. The number of anilines is 1. The number of hydrogen-bond acceptors (Lipinski definition) is 1. The summed E-state index contributed by atoms with van der Waals surface area (Å²) >= 11 is 3.40. The summed E-state index contributed by atoms with van der Waals surface area (Å²) in [6.07, 6.45) is 2.03. The highest BCUT2D eigenvalue weighted by atomic mass is 79.9. The predicted molar refractivity (Wildman–Crippen MR) is 63.9 cm³/mol. The summed E-state index contributed by atoms with van der Waals surface area (Å²) in [5, 5.41) is 5.74. The van der Waals surface area contributed by atoms with Gasteiger partial charge in [0.2, 0.25) is 0 Å². The molecule has 0 saturated heterocycles. The summed E-state index contributed by atoms with van der Waals surface area (Å²) in [5.74, 6) is 0.